The fraction of sp³-hybridized carbons (Fsp3) is 0.538. The molecule has 1 aromatic carbocycles. The summed E-state index contributed by atoms with van der Waals surface area (Å²) in [4.78, 5) is 0. The molecule has 2 N–H and O–H groups in total. The van der Waals surface area contributed by atoms with Gasteiger partial charge in [0.1, 0.15) is 0 Å². The van der Waals surface area contributed by atoms with E-state index in [9.17, 15) is 8.78 Å². The van der Waals surface area contributed by atoms with Gasteiger partial charge in [-0.25, -0.2) is 8.78 Å². The van der Waals surface area contributed by atoms with Crippen LogP contribution in [0.2, 0.25) is 0 Å². The molecular formula is C13H19F2N. The molecule has 0 saturated heterocycles. The average molecular weight is 227 g/mol. The van der Waals surface area contributed by atoms with Crippen LogP contribution < -0.4 is 5.73 Å². The highest BCUT2D eigenvalue weighted by atomic mass is 19.3. The Morgan fingerprint density at radius 2 is 1.75 bits per heavy atom. The van der Waals surface area contributed by atoms with E-state index in [1.165, 1.54) is 0 Å². The second-order valence-electron chi connectivity index (χ2n) is 5.08. The van der Waals surface area contributed by atoms with E-state index in [0.717, 1.165) is 5.56 Å². The SMILES string of the molecule is CC(C)(C)C(c1ccccc1CN)C(F)F. The maximum Gasteiger partial charge on any atom is 0.245 e. The maximum absolute atomic E-state index is 13.2. The third-order valence-electron chi connectivity index (χ3n) is 2.80. The van der Waals surface area contributed by atoms with Crippen LogP contribution in [0.15, 0.2) is 24.3 Å². The molecule has 0 aromatic heterocycles. The van der Waals surface area contributed by atoms with Crippen molar-refractivity contribution in [3.05, 3.63) is 35.4 Å². The number of hydrogen-bond donors (Lipinski definition) is 1. The zero-order valence-corrected chi connectivity index (χ0v) is 10.0. The molecule has 0 radical (unpaired) electrons. The Morgan fingerprint density at radius 1 is 1.19 bits per heavy atom. The van der Waals surface area contributed by atoms with E-state index in [-0.39, 0.29) is 0 Å². The lowest BCUT2D eigenvalue weighted by Gasteiger charge is -2.31. The van der Waals surface area contributed by atoms with Crippen molar-refractivity contribution >= 4 is 0 Å². The lowest BCUT2D eigenvalue weighted by Crippen LogP contribution is -2.26. The highest BCUT2D eigenvalue weighted by molar-refractivity contribution is 5.32. The van der Waals surface area contributed by atoms with Crippen molar-refractivity contribution in [1.29, 1.82) is 0 Å². The highest BCUT2D eigenvalue weighted by Crippen LogP contribution is 2.40. The molecule has 0 bridgehead atoms. The lowest BCUT2D eigenvalue weighted by atomic mass is 9.75. The first-order valence-corrected chi connectivity index (χ1v) is 5.44. The van der Waals surface area contributed by atoms with Crippen molar-refractivity contribution < 1.29 is 8.78 Å². The summed E-state index contributed by atoms with van der Waals surface area (Å²) >= 11 is 0. The quantitative estimate of drug-likeness (QED) is 0.839. The zero-order chi connectivity index (χ0) is 12.3. The molecule has 0 heterocycles. The Kier molecular flexibility index (Phi) is 4.03. The number of halogens is 2. The van der Waals surface area contributed by atoms with Gasteiger partial charge in [-0.3, -0.25) is 0 Å². The summed E-state index contributed by atoms with van der Waals surface area (Å²) in [7, 11) is 0. The molecule has 1 unspecified atom stereocenters. The zero-order valence-electron chi connectivity index (χ0n) is 10.0. The summed E-state index contributed by atoms with van der Waals surface area (Å²) in [6, 6.07) is 7.19. The minimum Gasteiger partial charge on any atom is -0.326 e. The van der Waals surface area contributed by atoms with Crippen LogP contribution in [-0.2, 0) is 6.54 Å². The van der Waals surface area contributed by atoms with Crippen LogP contribution in [0.5, 0.6) is 0 Å². The topological polar surface area (TPSA) is 26.0 Å². The molecule has 1 nitrogen and oxygen atoms in total. The molecule has 0 spiro atoms. The summed E-state index contributed by atoms with van der Waals surface area (Å²) < 4.78 is 26.3. The van der Waals surface area contributed by atoms with Crippen LogP contribution in [0, 0.1) is 5.41 Å². The molecule has 0 aliphatic heterocycles. The average Bonchev–Trinajstić information content (AvgIpc) is 2.15. The van der Waals surface area contributed by atoms with E-state index in [1.54, 1.807) is 12.1 Å². The van der Waals surface area contributed by atoms with Gasteiger partial charge in [-0.15, -0.1) is 0 Å². The first-order valence-electron chi connectivity index (χ1n) is 5.44. The minimum atomic E-state index is -2.37. The van der Waals surface area contributed by atoms with E-state index >= 15 is 0 Å². The van der Waals surface area contributed by atoms with Gasteiger partial charge in [0.15, 0.2) is 0 Å². The summed E-state index contributed by atoms with van der Waals surface area (Å²) in [5.41, 5.74) is 6.60. The number of alkyl halides is 2. The van der Waals surface area contributed by atoms with Crippen molar-refractivity contribution in [2.75, 3.05) is 0 Å². The van der Waals surface area contributed by atoms with Crippen molar-refractivity contribution in [2.45, 2.75) is 39.7 Å². The molecule has 3 heteroatoms. The van der Waals surface area contributed by atoms with Gasteiger partial charge in [-0.2, -0.15) is 0 Å². The molecule has 1 aromatic rings. The van der Waals surface area contributed by atoms with E-state index in [1.807, 2.05) is 32.9 Å². The second-order valence-corrected chi connectivity index (χ2v) is 5.08. The molecule has 90 valence electrons. The van der Waals surface area contributed by atoms with Gasteiger partial charge in [-0.1, -0.05) is 45.0 Å². The molecular weight excluding hydrogens is 208 g/mol. The first-order chi connectivity index (χ1) is 7.38. The van der Waals surface area contributed by atoms with Crippen LogP contribution in [0.4, 0.5) is 8.78 Å². The largest absolute Gasteiger partial charge is 0.326 e. The monoisotopic (exact) mass is 227 g/mol. The Morgan fingerprint density at radius 3 is 2.19 bits per heavy atom. The first kappa shape index (κ1) is 13.1. The molecule has 0 amide bonds. The standard InChI is InChI=1S/C13H19F2N/c1-13(2,3)11(12(14)15)10-7-5-4-6-9(10)8-16/h4-7,11-12H,8,16H2,1-3H3. The number of rotatable bonds is 3. The van der Waals surface area contributed by atoms with Gasteiger partial charge in [0.05, 0.1) is 5.92 Å². The lowest BCUT2D eigenvalue weighted by molar-refractivity contribution is 0.0619. The van der Waals surface area contributed by atoms with Gasteiger partial charge < -0.3 is 5.73 Å². The van der Waals surface area contributed by atoms with Gasteiger partial charge >= 0.3 is 0 Å². The molecule has 0 saturated carbocycles. The summed E-state index contributed by atoms with van der Waals surface area (Å²) in [5, 5.41) is 0. The molecule has 0 fully saturated rings. The van der Waals surface area contributed by atoms with Gasteiger partial charge in [0, 0.05) is 6.54 Å². The van der Waals surface area contributed by atoms with Crippen LogP contribution in [0.25, 0.3) is 0 Å². The van der Waals surface area contributed by atoms with Gasteiger partial charge in [-0.05, 0) is 16.5 Å². The molecule has 1 atom stereocenters. The fourth-order valence-corrected chi connectivity index (χ4v) is 2.00. The van der Waals surface area contributed by atoms with E-state index in [2.05, 4.69) is 0 Å². The number of benzene rings is 1. The Hall–Kier alpha value is -0.960. The predicted molar refractivity (Wildman–Crippen MR) is 62.5 cm³/mol. The van der Waals surface area contributed by atoms with E-state index < -0.39 is 17.8 Å². The summed E-state index contributed by atoms with van der Waals surface area (Å²) in [6.07, 6.45) is -2.37. The third kappa shape index (κ3) is 2.79. The second kappa shape index (κ2) is 4.91. The smallest absolute Gasteiger partial charge is 0.245 e. The van der Waals surface area contributed by atoms with Gasteiger partial charge in [0.25, 0.3) is 0 Å². The Bertz CT molecular complexity index is 342. The molecule has 16 heavy (non-hydrogen) atoms. The summed E-state index contributed by atoms with van der Waals surface area (Å²) in [5.74, 6) is -0.771. The number of nitrogens with two attached hydrogens (primary N) is 1. The van der Waals surface area contributed by atoms with Crippen LogP contribution in [0.1, 0.15) is 37.8 Å². The minimum absolute atomic E-state index is 0.301. The van der Waals surface area contributed by atoms with E-state index in [4.69, 9.17) is 5.73 Å². The van der Waals surface area contributed by atoms with Crippen molar-refractivity contribution in [2.24, 2.45) is 11.1 Å². The van der Waals surface area contributed by atoms with Crippen molar-refractivity contribution in [3.8, 4) is 0 Å². The third-order valence-corrected chi connectivity index (χ3v) is 2.80. The molecule has 1 rings (SSSR count). The van der Waals surface area contributed by atoms with Crippen molar-refractivity contribution in [3.63, 3.8) is 0 Å². The fourth-order valence-electron chi connectivity index (χ4n) is 2.00. The highest BCUT2D eigenvalue weighted by Gasteiger charge is 2.35. The predicted octanol–water partition coefficient (Wildman–Crippen LogP) is 3.54. The Labute approximate surface area is 95.7 Å². The van der Waals surface area contributed by atoms with Gasteiger partial charge in [0.2, 0.25) is 6.43 Å². The van der Waals surface area contributed by atoms with E-state index in [0.29, 0.717) is 12.1 Å². The van der Waals surface area contributed by atoms with Crippen molar-refractivity contribution in [1.82, 2.24) is 0 Å². The normalized spacial score (nSPS) is 14.2. The molecule has 0 aliphatic rings. The van der Waals surface area contributed by atoms with Crippen LogP contribution >= 0.6 is 0 Å². The van der Waals surface area contributed by atoms with Crippen LogP contribution in [-0.4, -0.2) is 6.43 Å². The number of hydrogen-bond acceptors (Lipinski definition) is 1. The summed E-state index contributed by atoms with van der Waals surface area (Å²) in [6.45, 7) is 5.79. The Balaban J connectivity index is 3.21. The van der Waals surface area contributed by atoms with Crippen LogP contribution in [0.3, 0.4) is 0 Å². The molecule has 0 aliphatic carbocycles. The maximum atomic E-state index is 13.2.